The average molecular weight is 387 g/mol. The number of rotatable bonds is 5. The molecule has 1 unspecified atom stereocenters. The van der Waals surface area contributed by atoms with Crippen molar-refractivity contribution in [3.63, 3.8) is 0 Å². The van der Waals surface area contributed by atoms with Gasteiger partial charge >= 0.3 is 6.09 Å². The van der Waals surface area contributed by atoms with Crippen molar-refractivity contribution in [3.8, 4) is 0 Å². The Labute approximate surface area is 170 Å². The highest BCUT2D eigenvalue weighted by atomic mass is 16.6. The topological polar surface area (TPSA) is 57.4 Å². The van der Waals surface area contributed by atoms with Crippen LogP contribution in [0.5, 0.6) is 0 Å². The molecule has 1 atom stereocenters. The highest BCUT2D eigenvalue weighted by molar-refractivity contribution is 5.93. The van der Waals surface area contributed by atoms with Crippen molar-refractivity contribution in [2.45, 2.75) is 25.4 Å². The second-order valence-electron chi connectivity index (χ2n) is 7.93. The largest absolute Gasteiger partial charge is 0.447 e. The van der Waals surface area contributed by atoms with E-state index < -0.39 is 0 Å². The summed E-state index contributed by atoms with van der Waals surface area (Å²) >= 11 is 0. The third-order valence-corrected chi connectivity index (χ3v) is 5.85. The molecule has 1 aromatic heterocycles. The van der Waals surface area contributed by atoms with Gasteiger partial charge in [-0.1, -0.05) is 42.5 Å². The van der Waals surface area contributed by atoms with Gasteiger partial charge in [-0.05, 0) is 41.7 Å². The molecular formula is C24H25N3O2. The summed E-state index contributed by atoms with van der Waals surface area (Å²) in [5, 5.41) is 4.12. The zero-order chi connectivity index (χ0) is 19.6. The monoisotopic (exact) mass is 387 g/mol. The summed E-state index contributed by atoms with van der Waals surface area (Å²) in [6.07, 6.45) is 6.03. The smallest absolute Gasteiger partial charge is 0.407 e. The number of fused-ring (bicyclic) bond motifs is 1. The fraction of sp³-hybridized carbons (Fsp3) is 0.292. The van der Waals surface area contributed by atoms with E-state index in [1.165, 1.54) is 27.6 Å². The van der Waals surface area contributed by atoms with E-state index in [9.17, 15) is 4.79 Å². The van der Waals surface area contributed by atoms with Gasteiger partial charge < -0.3 is 15.0 Å². The molecule has 3 aromatic rings. The molecule has 1 saturated heterocycles. The van der Waals surface area contributed by atoms with Crippen LogP contribution in [0.2, 0.25) is 0 Å². The lowest BCUT2D eigenvalue weighted by Crippen LogP contribution is -2.28. The minimum absolute atomic E-state index is 0.0581. The molecular weight excluding hydrogens is 362 g/mol. The number of nitrogens with zero attached hydrogens (tertiary/aromatic N) is 1. The summed E-state index contributed by atoms with van der Waals surface area (Å²) < 4.78 is 5.01. The molecule has 2 aliphatic heterocycles. The molecule has 1 amide bonds. The second kappa shape index (κ2) is 7.76. The molecule has 5 rings (SSSR count). The number of benzene rings is 2. The first-order chi connectivity index (χ1) is 14.2. The van der Waals surface area contributed by atoms with Gasteiger partial charge in [0, 0.05) is 42.3 Å². The summed E-state index contributed by atoms with van der Waals surface area (Å²) in [6, 6.07) is 17.2. The minimum atomic E-state index is -0.314. The van der Waals surface area contributed by atoms with E-state index in [2.05, 4.69) is 76.0 Å². The van der Waals surface area contributed by atoms with Crippen LogP contribution in [0.15, 0.2) is 60.8 Å². The van der Waals surface area contributed by atoms with Gasteiger partial charge in [0.25, 0.3) is 0 Å². The van der Waals surface area contributed by atoms with Crippen molar-refractivity contribution in [3.05, 3.63) is 77.5 Å². The number of amides is 1. The van der Waals surface area contributed by atoms with Crippen LogP contribution in [0.4, 0.5) is 4.79 Å². The normalized spacial score (nSPS) is 19.8. The number of aromatic amines is 1. The summed E-state index contributed by atoms with van der Waals surface area (Å²) in [4.78, 5) is 17.2. The Hall–Kier alpha value is -3.05. The van der Waals surface area contributed by atoms with Gasteiger partial charge in [0.05, 0.1) is 6.04 Å². The SMILES string of the molecule is O=C1NC(Cc2ccc3[nH]cc(C4=CCN(Cc5ccccc5)CC4)c3c2)CO1. The van der Waals surface area contributed by atoms with Gasteiger partial charge in [0.15, 0.2) is 0 Å². The Balaban J connectivity index is 1.32. The number of H-pyrrole nitrogens is 1. The van der Waals surface area contributed by atoms with Crippen LogP contribution in [0.3, 0.4) is 0 Å². The standard InChI is InChI=1S/C24H25N3O2/c28-24-26-20(16-29-24)12-18-6-7-23-21(13-18)22(14-25-23)19-8-10-27(11-9-19)15-17-4-2-1-3-5-17/h1-8,13-14,20,25H,9-12,15-16H2,(H,26,28). The number of cyclic esters (lactones) is 1. The van der Waals surface area contributed by atoms with Crippen LogP contribution in [-0.4, -0.2) is 41.7 Å². The Kier molecular flexibility index (Phi) is 4.82. The lowest BCUT2D eigenvalue weighted by Gasteiger charge is -2.26. The van der Waals surface area contributed by atoms with Crippen LogP contribution < -0.4 is 5.32 Å². The predicted molar refractivity (Wildman–Crippen MR) is 115 cm³/mol. The Morgan fingerprint density at radius 1 is 1.10 bits per heavy atom. The first kappa shape index (κ1) is 18.0. The summed E-state index contributed by atoms with van der Waals surface area (Å²) in [5.41, 5.74) is 6.45. The first-order valence-corrected chi connectivity index (χ1v) is 10.2. The van der Waals surface area contributed by atoms with E-state index in [-0.39, 0.29) is 12.1 Å². The summed E-state index contributed by atoms with van der Waals surface area (Å²) in [5.74, 6) is 0. The molecule has 2 aliphatic rings. The number of carbonyl (C=O) groups is 1. The molecule has 0 aliphatic carbocycles. The average Bonchev–Trinajstić information content (AvgIpc) is 3.35. The lowest BCUT2D eigenvalue weighted by atomic mass is 9.96. The molecule has 0 bridgehead atoms. The number of nitrogens with one attached hydrogen (secondary N) is 2. The van der Waals surface area contributed by atoms with Crippen LogP contribution in [0, 0.1) is 0 Å². The van der Waals surface area contributed by atoms with Gasteiger partial charge in [-0.2, -0.15) is 0 Å². The van der Waals surface area contributed by atoms with E-state index in [0.29, 0.717) is 6.61 Å². The molecule has 0 radical (unpaired) electrons. The molecule has 2 aromatic carbocycles. The number of aromatic nitrogens is 1. The van der Waals surface area contributed by atoms with Gasteiger partial charge in [0.2, 0.25) is 0 Å². The molecule has 1 fully saturated rings. The molecule has 2 N–H and O–H groups in total. The van der Waals surface area contributed by atoms with E-state index >= 15 is 0 Å². The van der Waals surface area contributed by atoms with Crippen LogP contribution in [0.1, 0.15) is 23.1 Å². The molecule has 3 heterocycles. The zero-order valence-electron chi connectivity index (χ0n) is 16.4. The van der Waals surface area contributed by atoms with Gasteiger partial charge in [-0.15, -0.1) is 0 Å². The lowest BCUT2D eigenvalue weighted by molar-refractivity contribution is 0.177. The first-order valence-electron chi connectivity index (χ1n) is 10.2. The van der Waals surface area contributed by atoms with E-state index in [1.807, 2.05) is 0 Å². The highest BCUT2D eigenvalue weighted by Crippen LogP contribution is 2.30. The second-order valence-corrected chi connectivity index (χ2v) is 7.93. The Morgan fingerprint density at radius 3 is 2.76 bits per heavy atom. The maximum Gasteiger partial charge on any atom is 0.407 e. The fourth-order valence-electron chi connectivity index (χ4n) is 4.32. The molecule has 5 heteroatoms. The number of hydrogen-bond donors (Lipinski definition) is 2. The number of ether oxygens (including phenoxy) is 1. The van der Waals surface area contributed by atoms with Crippen LogP contribution in [-0.2, 0) is 17.7 Å². The van der Waals surface area contributed by atoms with E-state index in [0.717, 1.165) is 38.0 Å². The quantitative estimate of drug-likeness (QED) is 0.693. The fourth-order valence-corrected chi connectivity index (χ4v) is 4.32. The zero-order valence-corrected chi connectivity index (χ0v) is 16.4. The molecule has 0 saturated carbocycles. The van der Waals surface area contributed by atoms with Gasteiger partial charge in [0.1, 0.15) is 6.61 Å². The van der Waals surface area contributed by atoms with Crippen molar-refractivity contribution in [1.29, 1.82) is 0 Å². The van der Waals surface area contributed by atoms with E-state index in [1.54, 1.807) is 0 Å². The molecule has 148 valence electrons. The molecule has 0 spiro atoms. The van der Waals surface area contributed by atoms with Crippen molar-refractivity contribution in [1.82, 2.24) is 15.2 Å². The third kappa shape index (κ3) is 3.91. The highest BCUT2D eigenvalue weighted by Gasteiger charge is 2.22. The molecule has 5 nitrogen and oxygen atoms in total. The molecule has 29 heavy (non-hydrogen) atoms. The number of hydrogen-bond acceptors (Lipinski definition) is 3. The summed E-state index contributed by atoms with van der Waals surface area (Å²) in [7, 11) is 0. The number of alkyl carbamates (subject to hydrolysis) is 1. The van der Waals surface area contributed by atoms with Gasteiger partial charge in [-0.25, -0.2) is 4.79 Å². The van der Waals surface area contributed by atoms with Crippen LogP contribution >= 0.6 is 0 Å². The predicted octanol–water partition coefficient (Wildman–Crippen LogP) is 4.11. The van der Waals surface area contributed by atoms with Crippen molar-refractivity contribution >= 4 is 22.6 Å². The Morgan fingerprint density at radius 2 is 2.00 bits per heavy atom. The maximum absolute atomic E-state index is 11.3. The van der Waals surface area contributed by atoms with Crippen molar-refractivity contribution < 1.29 is 9.53 Å². The maximum atomic E-state index is 11.3. The third-order valence-electron chi connectivity index (χ3n) is 5.85. The van der Waals surface area contributed by atoms with E-state index in [4.69, 9.17) is 4.74 Å². The van der Waals surface area contributed by atoms with Crippen molar-refractivity contribution in [2.24, 2.45) is 0 Å². The van der Waals surface area contributed by atoms with Crippen LogP contribution in [0.25, 0.3) is 16.5 Å². The summed E-state index contributed by atoms with van der Waals surface area (Å²) in [6.45, 7) is 3.48. The number of carbonyl (C=O) groups excluding carboxylic acids is 1. The minimum Gasteiger partial charge on any atom is -0.447 e. The Bertz CT molecular complexity index is 1050. The van der Waals surface area contributed by atoms with Crippen molar-refractivity contribution in [2.75, 3.05) is 19.7 Å². The van der Waals surface area contributed by atoms with Gasteiger partial charge in [-0.3, -0.25) is 4.90 Å².